The third-order valence-corrected chi connectivity index (χ3v) is 3.72. The van der Waals surface area contributed by atoms with Crippen LogP contribution in [0.2, 0.25) is 0 Å². The van der Waals surface area contributed by atoms with Gasteiger partial charge in [-0.1, -0.05) is 0 Å². The molecule has 7 heteroatoms. The average molecular weight is 356 g/mol. The van der Waals surface area contributed by atoms with E-state index in [2.05, 4.69) is 0 Å². The van der Waals surface area contributed by atoms with Crippen molar-refractivity contribution in [1.82, 2.24) is 0 Å². The molecule has 0 bridgehead atoms. The Labute approximate surface area is 148 Å². The molecule has 2 aromatic carbocycles. The molecule has 1 aromatic heterocycles. The van der Waals surface area contributed by atoms with E-state index >= 15 is 0 Å². The van der Waals surface area contributed by atoms with Crippen LogP contribution in [0.15, 0.2) is 45.6 Å². The molecule has 0 aliphatic carbocycles. The molecule has 0 radical (unpaired) electrons. The minimum absolute atomic E-state index is 0.00272. The van der Waals surface area contributed by atoms with Crippen molar-refractivity contribution >= 4 is 16.9 Å². The van der Waals surface area contributed by atoms with Gasteiger partial charge in [0.05, 0.1) is 14.2 Å². The van der Waals surface area contributed by atoms with E-state index < -0.39 is 11.4 Å². The van der Waals surface area contributed by atoms with Crippen LogP contribution in [0.1, 0.15) is 6.92 Å². The zero-order chi connectivity index (χ0) is 18.8. The van der Waals surface area contributed by atoms with Crippen molar-refractivity contribution in [2.75, 3.05) is 14.2 Å². The number of rotatable bonds is 4. The van der Waals surface area contributed by atoms with Crippen LogP contribution in [0.5, 0.6) is 23.0 Å². The maximum atomic E-state index is 12.7. The van der Waals surface area contributed by atoms with Gasteiger partial charge in [-0.25, -0.2) is 0 Å². The monoisotopic (exact) mass is 356 g/mol. The second-order valence-corrected chi connectivity index (χ2v) is 5.43. The van der Waals surface area contributed by atoms with Gasteiger partial charge in [0, 0.05) is 24.6 Å². The van der Waals surface area contributed by atoms with Crippen molar-refractivity contribution in [3.8, 4) is 34.3 Å². The van der Waals surface area contributed by atoms with Crippen LogP contribution in [-0.4, -0.2) is 25.3 Å². The standard InChI is InChI=1S/C19H16O7/c1-10(20)25-12-6-4-11(5-7-12)18-19(24-3)17(22)16-14(21)8-13(23-2)9-15(16)26-18/h4-9,21H,1-3H3. The molecule has 0 amide bonds. The fraction of sp³-hybridized carbons (Fsp3) is 0.158. The summed E-state index contributed by atoms with van der Waals surface area (Å²) in [6.07, 6.45) is 0. The lowest BCUT2D eigenvalue weighted by molar-refractivity contribution is -0.131. The van der Waals surface area contributed by atoms with Crippen molar-refractivity contribution in [1.29, 1.82) is 0 Å². The summed E-state index contributed by atoms with van der Waals surface area (Å²) in [6.45, 7) is 1.30. The van der Waals surface area contributed by atoms with Crippen molar-refractivity contribution in [2.24, 2.45) is 0 Å². The summed E-state index contributed by atoms with van der Waals surface area (Å²) in [5.41, 5.74) is 0.193. The molecular formula is C19H16O7. The van der Waals surface area contributed by atoms with E-state index in [-0.39, 0.29) is 28.2 Å². The van der Waals surface area contributed by atoms with Crippen molar-refractivity contribution in [3.63, 3.8) is 0 Å². The molecule has 0 atom stereocenters. The van der Waals surface area contributed by atoms with Crippen LogP contribution in [-0.2, 0) is 4.79 Å². The number of phenolic OH excluding ortho intramolecular Hbond substituents is 1. The van der Waals surface area contributed by atoms with Crippen molar-refractivity contribution in [3.05, 3.63) is 46.6 Å². The van der Waals surface area contributed by atoms with E-state index in [1.807, 2.05) is 0 Å². The fourth-order valence-electron chi connectivity index (χ4n) is 2.59. The molecule has 0 spiro atoms. The molecule has 7 nitrogen and oxygen atoms in total. The molecule has 3 aromatic rings. The SMILES string of the molecule is COc1cc(O)c2c(=O)c(OC)c(-c3ccc(OC(C)=O)cc3)oc2c1. The lowest BCUT2D eigenvalue weighted by atomic mass is 10.1. The normalized spacial score (nSPS) is 10.6. The molecule has 26 heavy (non-hydrogen) atoms. The summed E-state index contributed by atoms with van der Waals surface area (Å²) < 4.78 is 21.1. The summed E-state index contributed by atoms with van der Waals surface area (Å²) in [5, 5.41) is 10.1. The largest absolute Gasteiger partial charge is 0.507 e. The van der Waals surface area contributed by atoms with E-state index in [4.69, 9.17) is 18.6 Å². The van der Waals surface area contributed by atoms with Gasteiger partial charge in [0.25, 0.3) is 0 Å². The number of hydrogen-bond donors (Lipinski definition) is 1. The second kappa shape index (κ2) is 6.79. The molecular weight excluding hydrogens is 340 g/mol. The number of methoxy groups -OCH3 is 2. The Morgan fingerprint density at radius 1 is 1.04 bits per heavy atom. The van der Waals surface area contributed by atoms with Crippen LogP contribution >= 0.6 is 0 Å². The number of aromatic hydroxyl groups is 1. The summed E-state index contributed by atoms with van der Waals surface area (Å²) in [6, 6.07) is 9.24. The first-order chi connectivity index (χ1) is 12.4. The van der Waals surface area contributed by atoms with Crippen LogP contribution in [0.25, 0.3) is 22.3 Å². The van der Waals surface area contributed by atoms with Gasteiger partial charge in [-0.15, -0.1) is 0 Å². The Balaban J connectivity index is 2.21. The van der Waals surface area contributed by atoms with E-state index in [0.29, 0.717) is 17.1 Å². The predicted octanol–water partition coefficient (Wildman–Crippen LogP) is 3.11. The summed E-state index contributed by atoms with van der Waals surface area (Å²) in [4.78, 5) is 23.7. The topological polar surface area (TPSA) is 95.2 Å². The Morgan fingerprint density at radius 2 is 1.73 bits per heavy atom. The lowest BCUT2D eigenvalue weighted by Gasteiger charge is -2.11. The minimum Gasteiger partial charge on any atom is -0.507 e. The van der Waals surface area contributed by atoms with Crippen LogP contribution in [0, 0.1) is 0 Å². The molecule has 0 aliphatic heterocycles. The zero-order valence-corrected chi connectivity index (χ0v) is 14.4. The first kappa shape index (κ1) is 17.3. The number of fused-ring (bicyclic) bond motifs is 1. The maximum absolute atomic E-state index is 12.7. The molecule has 3 rings (SSSR count). The average Bonchev–Trinajstić information content (AvgIpc) is 2.61. The molecule has 0 fully saturated rings. The highest BCUT2D eigenvalue weighted by Crippen LogP contribution is 2.36. The Morgan fingerprint density at radius 3 is 2.31 bits per heavy atom. The van der Waals surface area contributed by atoms with E-state index in [0.717, 1.165) is 0 Å². The minimum atomic E-state index is -0.507. The number of hydrogen-bond acceptors (Lipinski definition) is 7. The predicted molar refractivity (Wildman–Crippen MR) is 94.0 cm³/mol. The van der Waals surface area contributed by atoms with Gasteiger partial charge in [-0.05, 0) is 24.3 Å². The van der Waals surface area contributed by atoms with Gasteiger partial charge in [-0.2, -0.15) is 0 Å². The van der Waals surface area contributed by atoms with Gasteiger partial charge in [0.1, 0.15) is 28.2 Å². The summed E-state index contributed by atoms with van der Waals surface area (Å²) in [7, 11) is 2.78. The van der Waals surface area contributed by atoms with Crippen LogP contribution < -0.4 is 19.6 Å². The molecule has 1 N–H and O–H groups in total. The van der Waals surface area contributed by atoms with Gasteiger partial charge in [0.15, 0.2) is 5.76 Å². The third-order valence-electron chi connectivity index (χ3n) is 3.72. The molecule has 0 unspecified atom stereocenters. The summed E-state index contributed by atoms with van der Waals surface area (Å²) >= 11 is 0. The van der Waals surface area contributed by atoms with Crippen molar-refractivity contribution in [2.45, 2.75) is 6.92 Å². The summed E-state index contributed by atoms with van der Waals surface area (Å²) in [5.74, 6) is 0.158. The maximum Gasteiger partial charge on any atom is 0.308 e. The van der Waals surface area contributed by atoms with Gasteiger partial charge in [-0.3, -0.25) is 9.59 Å². The Hall–Kier alpha value is -3.48. The highest BCUT2D eigenvalue weighted by atomic mass is 16.5. The molecule has 0 saturated carbocycles. The quantitative estimate of drug-likeness (QED) is 0.567. The molecule has 0 aliphatic rings. The van der Waals surface area contributed by atoms with E-state index in [9.17, 15) is 14.7 Å². The molecule has 1 heterocycles. The Bertz CT molecular complexity index is 1030. The molecule has 134 valence electrons. The van der Waals surface area contributed by atoms with Crippen LogP contribution in [0.3, 0.4) is 0 Å². The lowest BCUT2D eigenvalue weighted by Crippen LogP contribution is -2.08. The highest BCUT2D eigenvalue weighted by molar-refractivity contribution is 5.88. The fourth-order valence-corrected chi connectivity index (χ4v) is 2.59. The van der Waals surface area contributed by atoms with E-state index in [1.165, 1.54) is 33.3 Å². The number of benzene rings is 2. The van der Waals surface area contributed by atoms with Crippen LogP contribution in [0.4, 0.5) is 0 Å². The van der Waals surface area contributed by atoms with Gasteiger partial charge in [0.2, 0.25) is 11.2 Å². The van der Waals surface area contributed by atoms with Crippen molar-refractivity contribution < 1.29 is 28.5 Å². The highest BCUT2D eigenvalue weighted by Gasteiger charge is 2.20. The Kier molecular flexibility index (Phi) is 4.53. The van der Waals surface area contributed by atoms with Gasteiger partial charge >= 0.3 is 5.97 Å². The number of phenols is 1. The number of esters is 1. The van der Waals surface area contributed by atoms with Gasteiger partial charge < -0.3 is 23.7 Å². The smallest absolute Gasteiger partial charge is 0.308 e. The third kappa shape index (κ3) is 3.06. The second-order valence-electron chi connectivity index (χ2n) is 5.43. The first-order valence-electron chi connectivity index (χ1n) is 7.65. The zero-order valence-electron chi connectivity index (χ0n) is 14.4. The number of ether oxygens (including phenoxy) is 3. The van der Waals surface area contributed by atoms with E-state index in [1.54, 1.807) is 24.3 Å². The first-order valence-corrected chi connectivity index (χ1v) is 7.65. The number of carbonyl (C=O) groups is 1. The number of carbonyl (C=O) groups excluding carboxylic acids is 1. The molecule has 0 saturated heterocycles.